The van der Waals surface area contributed by atoms with E-state index in [9.17, 15) is 4.79 Å². The van der Waals surface area contributed by atoms with Crippen LogP contribution in [0.2, 0.25) is 0 Å². The number of hydrogen-bond donors (Lipinski definition) is 0. The molecule has 2 heterocycles. The Morgan fingerprint density at radius 1 is 1.06 bits per heavy atom. The number of hydrogen-bond acceptors (Lipinski definition) is 6. The molecular weight excluding hydrogens is 590 g/mol. The van der Waals surface area contributed by atoms with E-state index in [0.717, 1.165) is 38.7 Å². The van der Waals surface area contributed by atoms with Crippen molar-refractivity contribution in [2.45, 2.75) is 32.8 Å². The molecule has 0 unspecified atom stereocenters. The van der Waals surface area contributed by atoms with Crippen LogP contribution in [0.5, 0.6) is 17.2 Å². The molecule has 0 amide bonds. The fraction of sp³-hybridized carbons (Fsp3) is 0.222. The first-order valence-corrected chi connectivity index (χ1v) is 13.2. The van der Waals surface area contributed by atoms with Crippen LogP contribution in [0.3, 0.4) is 0 Å². The van der Waals surface area contributed by atoms with E-state index in [2.05, 4.69) is 43.9 Å². The molecule has 0 spiro atoms. The minimum Gasteiger partial charge on any atom is -0.488 e. The first-order valence-electron chi connectivity index (χ1n) is 11.6. The van der Waals surface area contributed by atoms with Gasteiger partial charge in [-0.1, -0.05) is 51.3 Å². The Morgan fingerprint density at radius 2 is 1.86 bits per heavy atom. The molecule has 3 aromatic carbocycles. The summed E-state index contributed by atoms with van der Waals surface area (Å²) in [4.78, 5) is 18.1. The maximum atomic E-state index is 13.4. The number of ether oxygens (including phenoxy) is 3. The van der Waals surface area contributed by atoms with Crippen LogP contribution >= 0.6 is 31.9 Å². The lowest BCUT2D eigenvalue weighted by molar-refractivity contribution is 0.174. The SMILES string of the molecule is CCCCc1nc2ccc(Br)cc2c(=O)n1N=Cc1cc(Br)ccc1OCc1ccc2c(c1)OCO2. The lowest BCUT2D eigenvalue weighted by Gasteiger charge is -2.11. The summed E-state index contributed by atoms with van der Waals surface area (Å²) in [6.07, 6.45) is 4.19. The zero-order valence-electron chi connectivity index (χ0n) is 19.5. The number of fused-ring (bicyclic) bond motifs is 2. The maximum Gasteiger partial charge on any atom is 0.282 e. The van der Waals surface area contributed by atoms with Gasteiger partial charge in [-0.25, -0.2) is 4.98 Å². The Bertz CT molecular complexity index is 1520. The summed E-state index contributed by atoms with van der Waals surface area (Å²) < 4.78 is 20.0. The molecule has 36 heavy (non-hydrogen) atoms. The molecule has 9 heteroatoms. The van der Waals surface area contributed by atoms with Gasteiger partial charge in [0.1, 0.15) is 18.2 Å². The minimum absolute atomic E-state index is 0.207. The third-order valence-electron chi connectivity index (χ3n) is 5.74. The molecule has 1 aliphatic heterocycles. The van der Waals surface area contributed by atoms with Gasteiger partial charge in [-0.2, -0.15) is 9.78 Å². The number of aryl methyl sites for hydroxylation is 1. The molecule has 0 atom stereocenters. The monoisotopic (exact) mass is 611 g/mol. The van der Waals surface area contributed by atoms with Crippen LogP contribution < -0.4 is 19.8 Å². The number of nitrogens with zero attached hydrogens (tertiary/aromatic N) is 3. The third-order valence-corrected chi connectivity index (χ3v) is 6.73. The van der Waals surface area contributed by atoms with Crippen molar-refractivity contribution in [1.82, 2.24) is 9.66 Å². The smallest absolute Gasteiger partial charge is 0.282 e. The van der Waals surface area contributed by atoms with Crippen molar-refractivity contribution in [2.75, 3.05) is 6.79 Å². The third kappa shape index (κ3) is 5.32. The predicted molar refractivity (Wildman–Crippen MR) is 146 cm³/mol. The van der Waals surface area contributed by atoms with Gasteiger partial charge in [-0.15, -0.1) is 0 Å². The topological polar surface area (TPSA) is 74.9 Å². The van der Waals surface area contributed by atoms with Crippen molar-refractivity contribution in [3.63, 3.8) is 0 Å². The second-order valence-corrected chi connectivity index (χ2v) is 10.1. The molecule has 0 bridgehead atoms. The van der Waals surface area contributed by atoms with Crippen LogP contribution in [0.15, 0.2) is 73.4 Å². The summed E-state index contributed by atoms with van der Waals surface area (Å²) in [7, 11) is 0. The highest BCUT2D eigenvalue weighted by molar-refractivity contribution is 9.10. The van der Waals surface area contributed by atoms with Crippen LogP contribution in [0, 0.1) is 0 Å². The Kier molecular flexibility index (Phi) is 7.38. The molecule has 0 aliphatic carbocycles. The molecule has 5 rings (SSSR count). The molecule has 4 aromatic rings. The van der Waals surface area contributed by atoms with Crippen LogP contribution in [0.1, 0.15) is 36.7 Å². The fourth-order valence-corrected chi connectivity index (χ4v) is 4.61. The van der Waals surface area contributed by atoms with E-state index in [0.29, 0.717) is 41.3 Å². The first-order chi connectivity index (χ1) is 17.5. The van der Waals surface area contributed by atoms with Crippen molar-refractivity contribution in [3.8, 4) is 17.2 Å². The van der Waals surface area contributed by atoms with Crippen molar-refractivity contribution < 1.29 is 14.2 Å². The number of rotatable bonds is 8. The van der Waals surface area contributed by atoms with Gasteiger partial charge in [0.2, 0.25) is 6.79 Å². The van der Waals surface area contributed by atoms with E-state index in [-0.39, 0.29) is 12.4 Å². The quantitative estimate of drug-likeness (QED) is 0.214. The number of aromatic nitrogens is 2. The van der Waals surface area contributed by atoms with Crippen molar-refractivity contribution in [3.05, 3.63) is 90.8 Å². The van der Waals surface area contributed by atoms with E-state index in [1.54, 1.807) is 12.3 Å². The lowest BCUT2D eigenvalue weighted by atomic mass is 10.2. The Morgan fingerprint density at radius 3 is 2.72 bits per heavy atom. The molecule has 0 fully saturated rings. The first kappa shape index (κ1) is 24.5. The van der Waals surface area contributed by atoms with Crippen molar-refractivity contribution in [1.29, 1.82) is 0 Å². The van der Waals surface area contributed by atoms with Crippen molar-refractivity contribution in [2.24, 2.45) is 5.10 Å². The number of benzene rings is 3. The Balaban J connectivity index is 1.47. The highest BCUT2D eigenvalue weighted by atomic mass is 79.9. The second-order valence-electron chi connectivity index (χ2n) is 8.31. The minimum atomic E-state index is -0.207. The van der Waals surface area contributed by atoms with E-state index in [1.165, 1.54) is 4.68 Å². The van der Waals surface area contributed by atoms with Crippen molar-refractivity contribution >= 4 is 49.0 Å². The summed E-state index contributed by atoms with van der Waals surface area (Å²) in [6, 6.07) is 16.9. The van der Waals surface area contributed by atoms with Gasteiger partial charge in [0.15, 0.2) is 11.5 Å². The Labute approximate surface area is 225 Å². The van der Waals surface area contributed by atoms with E-state index >= 15 is 0 Å². The van der Waals surface area contributed by atoms with Gasteiger partial charge in [0, 0.05) is 20.9 Å². The van der Waals surface area contributed by atoms with Crippen LogP contribution in [0.25, 0.3) is 10.9 Å². The normalized spacial score (nSPS) is 12.5. The van der Waals surface area contributed by atoms with Gasteiger partial charge in [-0.3, -0.25) is 4.79 Å². The standard InChI is InChI=1S/C27H23Br2N3O4/c1-2-3-4-26-31-22-8-6-20(29)13-21(22)27(33)32(26)30-14-18-12-19(28)7-10-23(18)34-15-17-5-9-24-25(11-17)36-16-35-24/h5-14H,2-4,15-16H2,1H3. The average Bonchev–Trinajstić information content (AvgIpc) is 3.35. The molecule has 7 nitrogen and oxygen atoms in total. The van der Waals surface area contributed by atoms with Crippen LogP contribution in [0.4, 0.5) is 0 Å². The highest BCUT2D eigenvalue weighted by Gasteiger charge is 2.14. The zero-order valence-corrected chi connectivity index (χ0v) is 22.7. The average molecular weight is 613 g/mol. The highest BCUT2D eigenvalue weighted by Crippen LogP contribution is 2.33. The second kappa shape index (κ2) is 10.8. The van der Waals surface area contributed by atoms with Crippen LogP contribution in [-0.4, -0.2) is 22.7 Å². The van der Waals surface area contributed by atoms with Gasteiger partial charge in [-0.05, 0) is 60.5 Å². The van der Waals surface area contributed by atoms with Gasteiger partial charge in [0.25, 0.3) is 5.56 Å². The lowest BCUT2D eigenvalue weighted by Crippen LogP contribution is -2.22. The van der Waals surface area contributed by atoms with Gasteiger partial charge < -0.3 is 14.2 Å². The molecule has 184 valence electrons. The van der Waals surface area contributed by atoms with Gasteiger partial charge >= 0.3 is 0 Å². The predicted octanol–water partition coefficient (Wildman–Crippen LogP) is 6.45. The molecule has 0 saturated heterocycles. The largest absolute Gasteiger partial charge is 0.488 e. The number of unbranched alkanes of at least 4 members (excludes halogenated alkanes) is 1. The molecule has 0 N–H and O–H groups in total. The van der Waals surface area contributed by atoms with Crippen LogP contribution in [-0.2, 0) is 13.0 Å². The summed E-state index contributed by atoms with van der Waals surface area (Å²) in [5.74, 6) is 2.71. The summed E-state index contributed by atoms with van der Waals surface area (Å²) in [5, 5.41) is 5.09. The molecule has 0 saturated carbocycles. The zero-order chi connectivity index (χ0) is 25.1. The van der Waals surface area contributed by atoms with E-state index < -0.39 is 0 Å². The van der Waals surface area contributed by atoms with E-state index in [4.69, 9.17) is 19.2 Å². The maximum absolute atomic E-state index is 13.4. The molecule has 1 aromatic heterocycles. The molecule has 0 radical (unpaired) electrons. The summed E-state index contributed by atoms with van der Waals surface area (Å²) in [6.45, 7) is 2.68. The number of halogens is 2. The Hall–Kier alpha value is -3.17. The van der Waals surface area contributed by atoms with Gasteiger partial charge in [0.05, 0.1) is 17.1 Å². The summed E-state index contributed by atoms with van der Waals surface area (Å²) >= 11 is 6.97. The summed E-state index contributed by atoms with van der Waals surface area (Å²) in [5.41, 5.74) is 2.14. The fourth-order valence-electron chi connectivity index (χ4n) is 3.87. The molecular formula is C27H23Br2N3O4. The van der Waals surface area contributed by atoms with E-state index in [1.807, 2.05) is 48.5 Å². The molecule has 1 aliphatic rings.